The highest BCUT2D eigenvalue weighted by atomic mass is 16.5. The number of hydrogen-bond acceptors (Lipinski definition) is 3. The molecule has 3 heteroatoms. The van der Waals surface area contributed by atoms with Gasteiger partial charge in [0.2, 0.25) is 0 Å². The Bertz CT molecular complexity index is 130. The zero-order valence-electron chi connectivity index (χ0n) is 8.71. The summed E-state index contributed by atoms with van der Waals surface area (Å²) in [5.74, 6) is 0. The smallest absolute Gasteiger partial charge is 0.0715 e. The maximum absolute atomic E-state index is 5.65. The summed E-state index contributed by atoms with van der Waals surface area (Å²) in [6.45, 7) is 7.46. The molecule has 1 saturated heterocycles. The summed E-state index contributed by atoms with van der Waals surface area (Å²) in [6.07, 6.45) is 2.76. The largest absolute Gasteiger partial charge is 0.379 e. The van der Waals surface area contributed by atoms with Crippen LogP contribution in [0.1, 0.15) is 26.7 Å². The predicted octanol–water partition coefficient (Wildman–Crippen LogP) is 1.18. The molecule has 1 heterocycles. The van der Waals surface area contributed by atoms with Crippen LogP contribution >= 0.6 is 0 Å². The van der Waals surface area contributed by atoms with Crippen molar-refractivity contribution < 1.29 is 9.47 Å². The Kier molecular flexibility index (Phi) is 5.35. The van der Waals surface area contributed by atoms with Crippen LogP contribution < -0.4 is 5.32 Å². The Labute approximate surface area is 80.8 Å². The summed E-state index contributed by atoms with van der Waals surface area (Å²) < 4.78 is 10.9. The topological polar surface area (TPSA) is 30.5 Å². The van der Waals surface area contributed by atoms with Gasteiger partial charge in [0, 0.05) is 19.2 Å². The van der Waals surface area contributed by atoms with Crippen LogP contribution in [0, 0.1) is 0 Å². The van der Waals surface area contributed by atoms with Crippen molar-refractivity contribution in [2.24, 2.45) is 0 Å². The minimum absolute atomic E-state index is 0.408. The first kappa shape index (κ1) is 11.0. The van der Waals surface area contributed by atoms with Crippen molar-refractivity contribution in [1.29, 1.82) is 0 Å². The van der Waals surface area contributed by atoms with Crippen LogP contribution in [0.15, 0.2) is 0 Å². The Balaban J connectivity index is 1.97. The molecule has 3 nitrogen and oxygen atoms in total. The van der Waals surface area contributed by atoms with E-state index in [9.17, 15) is 0 Å². The zero-order chi connectivity index (χ0) is 9.52. The molecule has 0 aromatic carbocycles. The zero-order valence-corrected chi connectivity index (χ0v) is 8.71. The van der Waals surface area contributed by atoms with E-state index < -0.39 is 0 Å². The Morgan fingerprint density at radius 1 is 1.31 bits per heavy atom. The maximum atomic E-state index is 5.65. The second kappa shape index (κ2) is 6.35. The Morgan fingerprint density at radius 3 is 2.77 bits per heavy atom. The molecule has 1 rings (SSSR count). The minimum atomic E-state index is 0.408. The van der Waals surface area contributed by atoms with E-state index in [4.69, 9.17) is 9.47 Å². The van der Waals surface area contributed by atoms with Crippen molar-refractivity contribution in [2.45, 2.75) is 38.8 Å². The Morgan fingerprint density at radius 2 is 2.15 bits per heavy atom. The average Bonchev–Trinajstić information content (AvgIpc) is 2.60. The van der Waals surface area contributed by atoms with E-state index in [0.29, 0.717) is 12.1 Å². The summed E-state index contributed by atoms with van der Waals surface area (Å²) in [4.78, 5) is 0. The third-order valence-electron chi connectivity index (χ3n) is 2.46. The highest BCUT2D eigenvalue weighted by Crippen LogP contribution is 2.12. The highest BCUT2D eigenvalue weighted by Gasteiger charge is 2.22. The molecule has 1 aliphatic heterocycles. The molecule has 2 unspecified atom stereocenters. The third-order valence-corrected chi connectivity index (χ3v) is 2.46. The molecule has 2 atom stereocenters. The molecule has 1 aliphatic rings. The fraction of sp³-hybridized carbons (Fsp3) is 1.00. The van der Waals surface area contributed by atoms with Crippen molar-refractivity contribution in [1.82, 2.24) is 5.32 Å². The predicted molar refractivity (Wildman–Crippen MR) is 52.9 cm³/mol. The minimum Gasteiger partial charge on any atom is -0.379 e. The van der Waals surface area contributed by atoms with Gasteiger partial charge in [-0.25, -0.2) is 0 Å². The molecule has 0 amide bonds. The van der Waals surface area contributed by atoms with Crippen LogP contribution in [0.4, 0.5) is 0 Å². The second-order valence-corrected chi connectivity index (χ2v) is 3.44. The molecule has 0 saturated carbocycles. The third kappa shape index (κ3) is 4.07. The summed E-state index contributed by atoms with van der Waals surface area (Å²) in [7, 11) is 0. The highest BCUT2D eigenvalue weighted by molar-refractivity contribution is 4.80. The van der Waals surface area contributed by atoms with Gasteiger partial charge < -0.3 is 14.8 Å². The van der Waals surface area contributed by atoms with Crippen molar-refractivity contribution >= 4 is 0 Å². The van der Waals surface area contributed by atoms with Gasteiger partial charge in [0.25, 0.3) is 0 Å². The lowest BCUT2D eigenvalue weighted by molar-refractivity contribution is 0.0152. The van der Waals surface area contributed by atoms with E-state index in [0.717, 1.165) is 32.8 Å². The molecule has 1 fully saturated rings. The van der Waals surface area contributed by atoms with E-state index in [-0.39, 0.29) is 0 Å². The molecule has 0 aliphatic carbocycles. The van der Waals surface area contributed by atoms with Gasteiger partial charge in [0.05, 0.1) is 19.3 Å². The first-order chi connectivity index (χ1) is 6.36. The molecule has 0 radical (unpaired) electrons. The molecule has 0 spiro atoms. The van der Waals surface area contributed by atoms with Gasteiger partial charge in [0.15, 0.2) is 0 Å². The fourth-order valence-electron chi connectivity index (χ4n) is 1.64. The lowest BCUT2D eigenvalue weighted by atomic mass is 10.1. The normalized spacial score (nSPS) is 28.2. The van der Waals surface area contributed by atoms with Crippen molar-refractivity contribution in [3.63, 3.8) is 0 Å². The molecule has 0 bridgehead atoms. The summed E-state index contributed by atoms with van der Waals surface area (Å²) in [5.41, 5.74) is 0. The number of ether oxygens (including phenoxy) is 2. The SMILES string of the molecule is CCOCCOC1CNC(CC)C1. The molecule has 1 N–H and O–H groups in total. The molecule has 78 valence electrons. The molecule has 13 heavy (non-hydrogen) atoms. The van der Waals surface area contributed by atoms with Crippen molar-refractivity contribution in [3.05, 3.63) is 0 Å². The first-order valence-corrected chi connectivity index (χ1v) is 5.29. The second-order valence-electron chi connectivity index (χ2n) is 3.44. The van der Waals surface area contributed by atoms with Gasteiger partial charge in [-0.15, -0.1) is 0 Å². The van der Waals surface area contributed by atoms with Crippen LogP contribution in [0.5, 0.6) is 0 Å². The fourth-order valence-corrected chi connectivity index (χ4v) is 1.64. The average molecular weight is 187 g/mol. The maximum Gasteiger partial charge on any atom is 0.0715 e. The van der Waals surface area contributed by atoms with E-state index >= 15 is 0 Å². The quantitative estimate of drug-likeness (QED) is 0.633. The number of rotatable bonds is 6. The monoisotopic (exact) mass is 187 g/mol. The number of hydrogen-bond donors (Lipinski definition) is 1. The summed E-state index contributed by atoms with van der Waals surface area (Å²) in [5, 5.41) is 3.43. The van der Waals surface area contributed by atoms with E-state index in [2.05, 4.69) is 12.2 Å². The van der Waals surface area contributed by atoms with Gasteiger partial charge in [0.1, 0.15) is 0 Å². The van der Waals surface area contributed by atoms with Gasteiger partial charge in [-0.3, -0.25) is 0 Å². The molecule has 0 aromatic heterocycles. The number of nitrogens with one attached hydrogen (secondary N) is 1. The Hall–Kier alpha value is -0.120. The molecule has 0 aromatic rings. The van der Waals surface area contributed by atoms with Crippen molar-refractivity contribution in [3.8, 4) is 0 Å². The standard InChI is InChI=1S/C10H21NO2/c1-3-9-7-10(8-11-9)13-6-5-12-4-2/h9-11H,3-8H2,1-2H3. The van der Waals surface area contributed by atoms with Gasteiger partial charge >= 0.3 is 0 Å². The first-order valence-electron chi connectivity index (χ1n) is 5.29. The van der Waals surface area contributed by atoms with E-state index in [1.807, 2.05) is 6.92 Å². The van der Waals surface area contributed by atoms with E-state index in [1.54, 1.807) is 0 Å². The van der Waals surface area contributed by atoms with Gasteiger partial charge in [-0.2, -0.15) is 0 Å². The summed E-state index contributed by atoms with van der Waals surface area (Å²) in [6, 6.07) is 0.664. The van der Waals surface area contributed by atoms with Crippen LogP contribution in [-0.4, -0.2) is 38.5 Å². The van der Waals surface area contributed by atoms with E-state index in [1.165, 1.54) is 6.42 Å². The van der Waals surface area contributed by atoms with Gasteiger partial charge in [-0.05, 0) is 19.8 Å². The van der Waals surface area contributed by atoms with Crippen LogP contribution in [0.3, 0.4) is 0 Å². The van der Waals surface area contributed by atoms with Crippen LogP contribution in [-0.2, 0) is 9.47 Å². The summed E-state index contributed by atoms with van der Waals surface area (Å²) >= 11 is 0. The van der Waals surface area contributed by atoms with Crippen LogP contribution in [0.2, 0.25) is 0 Å². The van der Waals surface area contributed by atoms with Gasteiger partial charge in [-0.1, -0.05) is 6.92 Å². The van der Waals surface area contributed by atoms with Crippen LogP contribution in [0.25, 0.3) is 0 Å². The molecular weight excluding hydrogens is 166 g/mol. The lowest BCUT2D eigenvalue weighted by Crippen LogP contribution is -2.21. The molecular formula is C10H21NO2. The van der Waals surface area contributed by atoms with Crippen molar-refractivity contribution in [2.75, 3.05) is 26.4 Å². The lowest BCUT2D eigenvalue weighted by Gasteiger charge is -2.10.